The lowest BCUT2D eigenvalue weighted by molar-refractivity contribution is 0.448. The molecule has 1 aromatic heterocycles. The summed E-state index contributed by atoms with van der Waals surface area (Å²) in [6, 6.07) is 6.54. The van der Waals surface area contributed by atoms with E-state index in [0.29, 0.717) is 0 Å². The van der Waals surface area contributed by atoms with Crippen molar-refractivity contribution in [2.24, 2.45) is 0 Å². The smallest absolute Gasteiger partial charge is 0.128 e. The molecule has 0 amide bonds. The van der Waals surface area contributed by atoms with Crippen LogP contribution in [-0.4, -0.2) is 6.54 Å². The molecule has 2 aromatic rings. The summed E-state index contributed by atoms with van der Waals surface area (Å²) in [4.78, 5) is 0. The van der Waals surface area contributed by atoms with Crippen LogP contribution in [0.2, 0.25) is 0 Å². The summed E-state index contributed by atoms with van der Waals surface area (Å²) in [5.41, 5.74) is 4.97. The zero-order chi connectivity index (χ0) is 14.0. The number of hydrogen-bond donors (Lipinski definition) is 1. The Morgan fingerprint density at radius 3 is 2.47 bits per heavy atom. The lowest BCUT2D eigenvalue weighted by Gasteiger charge is -2.20. The monoisotopic (exact) mass is 321 g/mol. The largest absolute Gasteiger partial charge is 0.467 e. The van der Waals surface area contributed by atoms with Crippen LogP contribution in [0.3, 0.4) is 0 Å². The molecule has 0 spiro atoms. The van der Waals surface area contributed by atoms with Crippen LogP contribution in [0.4, 0.5) is 0 Å². The SMILES string of the molecule is CCNC(c1cc(C)c(Br)cc1C)c1occc1C. The van der Waals surface area contributed by atoms with Gasteiger partial charge in [-0.15, -0.1) is 0 Å². The van der Waals surface area contributed by atoms with Crippen LogP contribution in [-0.2, 0) is 0 Å². The number of aryl methyl sites for hydroxylation is 3. The summed E-state index contributed by atoms with van der Waals surface area (Å²) in [6.07, 6.45) is 1.76. The van der Waals surface area contributed by atoms with Gasteiger partial charge in [0, 0.05) is 4.47 Å². The molecular formula is C16H20BrNO. The summed E-state index contributed by atoms with van der Waals surface area (Å²) in [6.45, 7) is 9.36. The fraction of sp³-hybridized carbons (Fsp3) is 0.375. The quantitative estimate of drug-likeness (QED) is 0.885. The summed E-state index contributed by atoms with van der Waals surface area (Å²) in [7, 11) is 0. The molecule has 1 aromatic carbocycles. The van der Waals surface area contributed by atoms with Crippen molar-refractivity contribution in [3.05, 3.63) is 56.9 Å². The average Bonchev–Trinajstić information content (AvgIpc) is 2.77. The number of rotatable bonds is 4. The Morgan fingerprint density at radius 2 is 1.89 bits per heavy atom. The van der Waals surface area contributed by atoms with Crippen LogP contribution in [0.15, 0.2) is 33.4 Å². The molecule has 0 aliphatic carbocycles. The first-order valence-corrected chi connectivity index (χ1v) is 7.38. The Bertz CT molecular complexity index is 574. The van der Waals surface area contributed by atoms with Crippen LogP contribution in [0, 0.1) is 20.8 Å². The van der Waals surface area contributed by atoms with Gasteiger partial charge in [0.05, 0.1) is 12.3 Å². The van der Waals surface area contributed by atoms with E-state index in [1.165, 1.54) is 22.3 Å². The van der Waals surface area contributed by atoms with E-state index < -0.39 is 0 Å². The second-order valence-electron chi connectivity index (χ2n) is 4.92. The van der Waals surface area contributed by atoms with Gasteiger partial charge in [0.15, 0.2) is 0 Å². The Morgan fingerprint density at radius 1 is 1.16 bits per heavy atom. The van der Waals surface area contributed by atoms with Crippen molar-refractivity contribution in [1.29, 1.82) is 0 Å². The van der Waals surface area contributed by atoms with Crippen molar-refractivity contribution in [3.8, 4) is 0 Å². The Labute approximate surface area is 123 Å². The zero-order valence-corrected chi connectivity index (χ0v) is 13.5. The third-order valence-corrected chi connectivity index (χ3v) is 4.28. The third kappa shape index (κ3) is 2.93. The lowest BCUT2D eigenvalue weighted by atomic mass is 9.96. The third-order valence-electron chi connectivity index (χ3n) is 3.43. The highest BCUT2D eigenvalue weighted by Gasteiger charge is 2.20. The molecule has 2 nitrogen and oxygen atoms in total. The van der Waals surface area contributed by atoms with Crippen LogP contribution in [0.25, 0.3) is 0 Å². The second kappa shape index (κ2) is 5.93. The molecule has 0 saturated heterocycles. The molecule has 0 aliphatic heterocycles. The summed E-state index contributed by atoms with van der Waals surface area (Å²) >= 11 is 3.59. The topological polar surface area (TPSA) is 25.2 Å². The van der Waals surface area contributed by atoms with E-state index >= 15 is 0 Å². The summed E-state index contributed by atoms with van der Waals surface area (Å²) in [5, 5.41) is 3.52. The van der Waals surface area contributed by atoms with E-state index in [4.69, 9.17) is 4.42 Å². The molecule has 102 valence electrons. The van der Waals surface area contributed by atoms with Gasteiger partial charge in [0.25, 0.3) is 0 Å². The van der Waals surface area contributed by atoms with Crippen molar-refractivity contribution < 1.29 is 4.42 Å². The first-order chi connectivity index (χ1) is 9.04. The van der Waals surface area contributed by atoms with Crippen molar-refractivity contribution in [2.45, 2.75) is 33.7 Å². The summed E-state index contributed by atoms with van der Waals surface area (Å²) < 4.78 is 6.84. The number of halogens is 1. The number of benzene rings is 1. The van der Waals surface area contributed by atoms with Crippen LogP contribution < -0.4 is 5.32 Å². The lowest BCUT2D eigenvalue weighted by Crippen LogP contribution is -2.23. The summed E-state index contributed by atoms with van der Waals surface area (Å²) in [5.74, 6) is 1.01. The second-order valence-corrected chi connectivity index (χ2v) is 5.77. The zero-order valence-electron chi connectivity index (χ0n) is 11.9. The Balaban J connectivity index is 2.51. The Hall–Kier alpha value is -1.06. The van der Waals surface area contributed by atoms with E-state index in [9.17, 15) is 0 Å². The Kier molecular flexibility index (Phi) is 4.48. The molecule has 19 heavy (non-hydrogen) atoms. The fourth-order valence-corrected chi connectivity index (χ4v) is 2.80. The predicted octanol–water partition coefficient (Wildman–Crippen LogP) is 4.67. The molecule has 1 heterocycles. The molecular weight excluding hydrogens is 302 g/mol. The molecule has 0 aliphatic rings. The minimum atomic E-state index is 0.117. The number of hydrogen-bond acceptors (Lipinski definition) is 2. The van der Waals surface area contributed by atoms with Gasteiger partial charge >= 0.3 is 0 Å². The molecule has 1 N–H and O–H groups in total. The van der Waals surface area contributed by atoms with Crippen LogP contribution in [0.5, 0.6) is 0 Å². The minimum Gasteiger partial charge on any atom is -0.467 e. The van der Waals surface area contributed by atoms with Gasteiger partial charge < -0.3 is 9.73 Å². The van der Waals surface area contributed by atoms with Gasteiger partial charge in [0.2, 0.25) is 0 Å². The molecule has 0 saturated carbocycles. The molecule has 2 rings (SSSR count). The normalized spacial score (nSPS) is 12.7. The molecule has 3 heteroatoms. The van der Waals surface area contributed by atoms with Crippen molar-refractivity contribution in [1.82, 2.24) is 5.32 Å². The van der Waals surface area contributed by atoms with Gasteiger partial charge in [-0.05, 0) is 61.7 Å². The average molecular weight is 322 g/mol. The highest BCUT2D eigenvalue weighted by Crippen LogP contribution is 2.31. The van der Waals surface area contributed by atoms with E-state index in [0.717, 1.165) is 16.8 Å². The highest BCUT2D eigenvalue weighted by atomic mass is 79.9. The molecule has 0 radical (unpaired) electrons. The predicted molar refractivity (Wildman–Crippen MR) is 82.6 cm³/mol. The molecule has 1 atom stereocenters. The minimum absolute atomic E-state index is 0.117. The van der Waals surface area contributed by atoms with Gasteiger partial charge in [-0.3, -0.25) is 0 Å². The standard InChI is InChI=1S/C16H20BrNO/c1-5-18-15(16-10(2)6-7-19-16)13-8-12(4)14(17)9-11(13)3/h6-9,15,18H,5H2,1-4H3. The van der Waals surface area contributed by atoms with Crippen molar-refractivity contribution >= 4 is 15.9 Å². The fourth-order valence-electron chi connectivity index (χ4n) is 2.34. The number of nitrogens with one attached hydrogen (secondary N) is 1. The van der Waals surface area contributed by atoms with E-state index in [1.807, 2.05) is 6.07 Å². The van der Waals surface area contributed by atoms with Gasteiger partial charge in [0.1, 0.15) is 5.76 Å². The maximum Gasteiger partial charge on any atom is 0.128 e. The molecule has 0 bridgehead atoms. The number of furan rings is 1. The van der Waals surface area contributed by atoms with Gasteiger partial charge in [-0.2, -0.15) is 0 Å². The van der Waals surface area contributed by atoms with Gasteiger partial charge in [-0.1, -0.05) is 28.9 Å². The van der Waals surface area contributed by atoms with Crippen LogP contribution >= 0.6 is 15.9 Å². The highest BCUT2D eigenvalue weighted by molar-refractivity contribution is 9.10. The maximum atomic E-state index is 5.68. The first-order valence-electron chi connectivity index (χ1n) is 6.58. The molecule has 1 unspecified atom stereocenters. The van der Waals surface area contributed by atoms with E-state index in [2.05, 4.69) is 61.1 Å². The van der Waals surface area contributed by atoms with Crippen LogP contribution in [0.1, 0.15) is 41.0 Å². The van der Waals surface area contributed by atoms with Crippen molar-refractivity contribution in [2.75, 3.05) is 6.54 Å². The first kappa shape index (κ1) is 14.4. The van der Waals surface area contributed by atoms with E-state index in [-0.39, 0.29) is 6.04 Å². The maximum absolute atomic E-state index is 5.68. The van der Waals surface area contributed by atoms with Gasteiger partial charge in [-0.25, -0.2) is 0 Å². The van der Waals surface area contributed by atoms with E-state index in [1.54, 1.807) is 6.26 Å². The van der Waals surface area contributed by atoms with Crippen molar-refractivity contribution in [3.63, 3.8) is 0 Å². The molecule has 0 fully saturated rings.